The second-order valence-corrected chi connectivity index (χ2v) is 5.16. The molecule has 1 rings (SSSR count). The summed E-state index contributed by atoms with van der Waals surface area (Å²) in [6, 6.07) is 1.30. The maximum Gasteiger partial charge on any atom is 0.405 e. The number of hydrogen-bond donors (Lipinski definition) is 1. The number of alkyl halides is 3. The minimum absolute atomic E-state index is 0.287. The molecule has 3 nitrogen and oxygen atoms in total. The van der Waals surface area contributed by atoms with Gasteiger partial charge in [0.2, 0.25) is 0 Å². The highest BCUT2D eigenvalue weighted by molar-refractivity contribution is 6.31. The van der Waals surface area contributed by atoms with E-state index in [1.54, 1.807) is 19.9 Å². The Kier molecular flexibility index (Phi) is 6.07. The van der Waals surface area contributed by atoms with Crippen LogP contribution in [0.25, 0.3) is 0 Å². The third-order valence-corrected chi connectivity index (χ3v) is 3.09. The predicted molar refractivity (Wildman–Crippen MR) is 75.2 cm³/mol. The fraction of sp³-hybridized carbons (Fsp3) is 0.615. The van der Waals surface area contributed by atoms with Crippen LogP contribution in [0, 0.1) is 0 Å². The minimum atomic E-state index is -4.27. The Bertz CT molecular complexity index is 435. The first kappa shape index (κ1) is 17.0. The van der Waals surface area contributed by atoms with Gasteiger partial charge in [0.15, 0.2) is 0 Å². The molecule has 1 heterocycles. The summed E-state index contributed by atoms with van der Waals surface area (Å²) in [5, 5.41) is 3.55. The maximum absolute atomic E-state index is 12.6. The van der Waals surface area contributed by atoms with E-state index in [0.29, 0.717) is 11.6 Å². The lowest BCUT2D eigenvalue weighted by Crippen LogP contribution is -2.39. The standard InChI is InChI=1S/C13H19ClF3N3/c1-4-18-6-10-5-12(19-7-11(10)14)20(9(2)3)8-13(15,16)17/h5,7,9,18H,4,6,8H2,1-3H3. The molecular weight excluding hydrogens is 291 g/mol. The van der Waals surface area contributed by atoms with Gasteiger partial charge in [-0.15, -0.1) is 0 Å². The Morgan fingerprint density at radius 1 is 1.40 bits per heavy atom. The summed E-state index contributed by atoms with van der Waals surface area (Å²) >= 11 is 6.01. The summed E-state index contributed by atoms with van der Waals surface area (Å²) in [5.74, 6) is 0.287. The quantitative estimate of drug-likeness (QED) is 0.870. The number of anilines is 1. The van der Waals surface area contributed by atoms with E-state index in [-0.39, 0.29) is 11.9 Å². The van der Waals surface area contributed by atoms with Crippen LogP contribution in [0.5, 0.6) is 0 Å². The molecule has 1 aromatic heterocycles. The van der Waals surface area contributed by atoms with Gasteiger partial charge in [-0.1, -0.05) is 18.5 Å². The summed E-state index contributed by atoms with van der Waals surface area (Å²) in [5.41, 5.74) is 0.742. The van der Waals surface area contributed by atoms with Gasteiger partial charge >= 0.3 is 6.18 Å². The number of aromatic nitrogens is 1. The van der Waals surface area contributed by atoms with Crippen LogP contribution < -0.4 is 10.2 Å². The topological polar surface area (TPSA) is 28.2 Å². The molecule has 0 amide bonds. The van der Waals surface area contributed by atoms with Crippen molar-refractivity contribution in [2.24, 2.45) is 0 Å². The Morgan fingerprint density at radius 2 is 2.05 bits per heavy atom. The average Bonchev–Trinajstić information content (AvgIpc) is 2.34. The second-order valence-electron chi connectivity index (χ2n) is 4.75. The third kappa shape index (κ3) is 5.17. The summed E-state index contributed by atoms with van der Waals surface area (Å²) < 4.78 is 37.9. The first-order valence-electron chi connectivity index (χ1n) is 6.43. The molecule has 0 saturated carbocycles. The zero-order valence-electron chi connectivity index (χ0n) is 11.8. The van der Waals surface area contributed by atoms with Crippen molar-refractivity contribution in [3.05, 3.63) is 22.8 Å². The smallest absolute Gasteiger partial charge is 0.345 e. The van der Waals surface area contributed by atoms with Crippen LogP contribution in [0.1, 0.15) is 26.3 Å². The van der Waals surface area contributed by atoms with Crippen molar-refractivity contribution in [2.75, 3.05) is 18.0 Å². The Morgan fingerprint density at radius 3 is 2.55 bits per heavy atom. The minimum Gasteiger partial charge on any atom is -0.345 e. The number of rotatable bonds is 6. The lowest BCUT2D eigenvalue weighted by atomic mass is 10.2. The van der Waals surface area contributed by atoms with Crippen molar-refractivity contribution < 1.29 is 13.2 Å². The first-order valence-corrected chi connectivity index (χ1v) is 6.81. The molecule has 0 aliphatic rings. The van der Waals surface area contributed by atoms with E-state index >= 15 is 0 Å². The third-order valence-electron chi connectivity index (χ3n) is 2.75. The van der Waals surface area contributed by atoms with E-state index in [0.717, 1.165) is 12.1 Å². The van der Waals surface area contributed by atoms with Crippen molar-refractivity contribution >= 4 is 17.4 Å². The zero-order valence-corrected chi connectivity index (χ0v) is 12.5. The Balaban J connectivity index is 3.02. The molecule has 0 aliphatic carbocycles. The molecule has 114 valence electrons. The van der Waals surface area contributed by atoms with Gasteiger partial charge in [0.1, 0.15) is 12.4 Å². The molecule has 1 N–H and O–H groups in total. The largest absolute Gasteiger partial charge is 0.405 e. The van der Waals surface area contributed by atoms with Crippen LogP contribution >= 0.6 is 11.6 Å². The van der Waals surface area contributed by atoms with Gasteiger partial charge in [0, 0.05) is 18.8 Å². The van der Waals surface area contributed by atoms with Crippen molar-refractivity contribution in [1.82, 2.24) is 10.3 Å². The molecule has 1 aromatic rings. The summed E-state index contributed by atoms with van der Waals surface area (Å²) in [4.78, 5) is 5.23. The van der Waals surface area contributed by atoms with E-state index in [9.17, 15) is 13.2 Å². The first-order chi connectivity index (χ1) is 9.24. The van der Waals surface area contributed by atoms with E-state index < -0.39 is 12.7 Å². The number of pyridine rings is 1. The average molecular weight is 310 g/mol. The molecule has 7 heteroatoms. The fourth-order valence-electron chi connectivity index (χ4n) is 1.74. The highest BCUT2D eigenvalue weighted by atomic mass is 35.5. The van der Waals surface area contributed by atoms with Crippen LogP contribution in [0.15, 0.2) is 12.3 Å². The highest BCUT2D eigenvalue weighted by Crippen LogP contribution is 2.25. The Labute approximate surface area is 122 Å². The summed E-state index contributed by atoms with van der Waals surface area (Å²) in [6.45, 7) is 5.57. The molecule has 0 atom stereocenters. The second kappa shape index (κ2) is 7.13. The van der Waals surface area contributed by atoms with Crippen molar-refractivity contribution in [3.8, 4) is 0 Å². The van der Waals surface area contributed by atoms with Crippen LogP contribution in [0.4, 0.5) is 19.0 Å². The van der Waals surface area contributed by atoms with Gasteiger partial charge in [-0.3, -0.25) is 0 Å². The molecule has 0 bridgehead atoms. The van der Waals surface area contributed by atoms with Crippen molar-refractivity contribution in [1.29, 1.82) is 0 Å². The molecule has 0 saturated heterocycles. The highest BCUT2D eigenvalue weighted by Gasteiger charge is 2.32. The van der Waals surface area contributed by atoms with Gasteiger partial charge in [-0.05, 0) is 32.0 Å². The lowest BCUT2D eigenvalue weighted by Gasteiger charge is -2.29. The maximum atomic E-state index is 12.6. The molecule has 0 aromatic carbocycles. The molecule has 0 aliphatic heterocycles. The molecule has 0 radical (unpaired) electrons. The molecular formula is C13H19ClF3N3. The van der Waals surface area contributed by atoms with Gasteiger partial charge in [0.25, 0.3) is 0 Å². The number of halogens is 4. The SMILES string of the molecule is CCNCc1cc(N(CC(F)(F)F)C(C)C)ncc1Cl. The predicted octanol–water partition coefficient (Wildman–Crippen LogP) is 3.62. The van der Waals surface area contributed by atoms with E-state index in [1.165, 1.54) is 11.1 Å². The van der Waals surface area contributed by atoms with E-state index in [4.69, 9.17) is 11.6 Å². The summed E-state index contributed by atoms with van der Waals surface area (Å²) in [6.07, 6.45) is -2.87. The fourth-order valence-corrected chi connectivity index (χ4v) is 1.91. The number of nitrogens with one attached hydrogen (secondary N) is 1. The van der Waals surface area contributed by atoms with Crippen LogP contribution in [-0.4, -0.2) is 30.3 Å². The van der Waals surface area contributed by atoms with Crippen molar-refractivity contribution in [2.45, 2.75) is 39.5 Å². The number of hydrogen-bond acceptors (Lipinski definition) is 3. The normalized spacial score (nSPS) is 12.0. The van der Waals surface area contributed by atoms with Crippen LogP contribution in [-0.2, 0) is 6.54 Å². The van der Waals surface area contributed by atoms with Crippen molar-refractivity contribution in [3.63, 3.8) is 0 Å². The van der Waals surface area contributed by atoms with E-state index in [2.05, 4.69) is 10.3 Å². The van der Waals surface area contributed by atoms with E-state index in [1.807, 2.05) is 6.92 Å². The van der Waals surface area contributed by atoms with Gasteiger partial charge in [0.05, 0.1) is 5.02 Å². The van der Waals surface area contributed by atoms with Crippen LogP contribution in [0.2, 0.25) is 5.02 Å². The molecule has 20 heavy (non-hydrogen) atoms. The Hall–Kier alpha value is -1.01. The lowest BCUT2D eigenvalue weighted by molar-refractivity contribution is -0.120. The van der Waals surface area contributed by atoms with Gasteiger partial charge < -0.3 is 10.2 Å². The molecule has 0 fully saturated rings. The summed E-state index contributed by atoms with van der Waals surface area (Å²) in [7, 11) is 0. The number of nitrogens with zero attached hydrogens (tertiary/aromatic N) is 2. The zero-order chi connectivity index (χ0) is 15.3. The van der Waals surface area contributed by atoms with Gasteiger partial charge in [-0.2, -0.15) is 13.2 Å². The molecule has 0 spiro atoms. The van der Waals surface area contributed by atoms with Gasteiger partial charge in [-0.25, -0.2) is 4.98 Å². The molecule has 0 unspecified atom stereocenters. The van der Waals surface area contributed by atoms with Crippen LogP contribution in [0.3, 0.4) is 0 Å². The monoisotopic (exact) mass is 309 g/mol.